The van der Waals surface area contributed by atoms with Gasteiger partial charge in [0.15, 0.2) is 0 Å². The molecule has 106 valence electrons. The molecule has 0 radical (unpaired) electrons. The van der Waals surface area contributed by atoms with Crippen molar-refractivity contribution in [2.75, 3.05) is 19.6 Å². The maximum atomic E-state index is 12.6. The average Bonchev–Trinajstić information content (AvgIpc) is 2.97. The molecule has 1 fully saturated rings. The van der Waals surface area contributed by atoms with Crippen LogP contribution in [0.4, 0.5) is 0 Å². The number of nitrogens with one attached hydrogen (secondary N) is 1. The van der Waals surface area contributed by atoms with Gasteiger partial charge in [0.25, 0.3) is 5.91 Å². The molecule has 5 nitrogen and oxygen atoms in total. The minimum atomic E-state index is 0.112. The number of hydrogen-bond acceptors (Lipinski definition) is 3. The van der Waals surface area contributed by atoms with Crippen molar-refractivity contribution < 1.29 is 4.79 Å². The number of nitrogens with zero attached hydrogens (tertiary/aromatic N) is 3. The first-order valence-electron chi connectivity index (χ1n) is 7.14. The van der Waals surface area contributed by atoms with Crippen LogP contribution < -0.4 is 5.32 Å². The van der Waals surface area contributed by atoms with Gasteiger partial charge in [-0.15, -0.1) is 0 Å². The van der Waals surface area contributed by atoms with Gasteiger partial charge in [-0.2, -0.15) is 5.10 Å². The van der Waals surface area contributed by atoms with Crippen molar-refractivity contribution in [2.24, 2.45) is 7.05 Å². The summed E-state index contributed by atoms with van der Waals surface area (Å²) in [6, 6.07) is 0.451. The third-order valence-electron chi connectivity index (χ3n) is 3.63. The number of aromatic nitrogens is 2. The van der Waals surface area contributed by atoms with Crippen LogP contribution in [0.15, 0.2) is 6.20 Å². The van der Waals surface area contributed by atoms with Gasteiger partial charge >= 0.3 is 0 Å². The predicted octanol–water partition coefficient (Wildman–Crippen LogP) is 1.33. The molecule has 0 aliphatic carbocycles. The monoisotopic (exact) mass is 264 g/mol. The van der Waals surface area contributed by atoms with E-state index in [1.165, 1.54) is 12.8 Å². The molecule has 1 atom stereocenters. The summed E-state index contributed by atoms with van der Waals surface area (Å²) in [5.74, 6) is 0.112. The molecule has 0 bridgehead atoms. The van der Waals surface area contributed by atoms with E-state index >= 15 is 0 Å². The second-order valence-electron chi connectivity index (χ2n) is 5.35. The Morgan fingerprint density at radius 2 is 2.42 bits per heavy atom. The van der Waals surface area contributed by atoms with Gasteiger partial charge < -0.3 is 10.2 Å². The van der Waals surface area contributed by atoms with Crippen molar-refractivity contribution in [1.29, 1.82) is 0 Å². The van der Waals surface area contributed by atoms with Crippen molar-refractivity contribution in [2.45, 2.75) is 39.2 Å². The molecule has 5 heteroatoms. The zero-order valence-electron chi connectivity index (χ0n) is 12.1. The lowest BCUT2D eigenvalue weighted by Gasteiger charge is -2.25. The zero-order valence-corrected chi connectivity index (χ0v) is 12.1. The number of amides is 1. The summed E-state index contributed by atoms with van der Waals surface area (Å²) >= 11 is 0. The molecule has 0 spiro atoms. The molecule has 0 aromatic carbocycles. The molecule has 1 aliphatic heterocycles. The Balaban J connectivity index is 2.08. The van der Waals surface area contributed by atoms with Crippen LogP contribution in [-0.4, -0.2) is 46.3 Å². The van der Waals surface area contributed by atoms with Crippen molar-refractivity contribution in [1.82, 2.24) is 20.0 Å². The van der Waals surface area contributed by atoms with E-state index in [1.807, 2.05) is 25.1 Å². The van der Waals surface area contributed by atoms with Crippen LogP contribution in [0.5, 0.6) is 0 Å². The number of aryl methyl sites for hydroxylation is 2. The molecule has 1 aromatic heterocycles. The van der Waals surface area contributed by atoms with Crippen LogP contribution in [0.3, 0.4) is 0 Å². The fraction of sp³-hybridized carbons (Fsp3) is 0.714. The van der Waals surface area contributed by atoms with Crippen LogP contribution in [0, 0.1) is 6.92 Å². The van der Waals surface area contributed by atoms with Crippen molar-refractivity contribution in [3.05, 3.63) is 17.5 Å². The molecular weight excluding hydrogens is 240 g/mol. The fourth-order valence-corrected chi connectivity index (χ4v) is 2.70. The van der Waals surface area contributed by atoms with Gasteiger partial charge in [-0.05, 0) is 32.7 Å². The van der Waals surface area contributed by atoms with E-state index in [0.717, 1.165) is 37.3 Å². The first-order valence-corrected chi connectivity index (χ1v) is 7.14. The molecule has 1 amide bonds. The number of carbonyl (C=O) groups excluding carboxylic acids is 1. The molecule has 1 aromatic rings. The minimum Gasteiger partial charge on any atom is -0.337 e. The van der Waals surface area contributed by atoms with Gasteiger partial charge in [0.2, 0.25) is 0 Å². The Morgan fingerprint density at radius 1 is 1.63 bits per heavy atom. The third kappa shape index (κ3) is 3.35. The standard InChI is InChI=1S/C14H24N4O/c1-4-8-18(9-12-6-5-7-15-12)14(19)13-10-17(3)16-11(13)2/h10,12,15H,4-9H2,1-3H3. The SMILES string of the molecule is CCCN(CC1CCCN1)C(=O)c1cn(C)nc1C. The van der Waals surface area contributed by atoms with E-state index in [9.17, 15) is 4.79 Å². The molecule has 0 saturated carbocycles. The quantitative estimate of drug-likeness (QED) is 0.873. The van der Waals surface area contributed by atoms with Crippen LogP contribution in [0.1, 0.15) is 42.2 Å². The average molecular weight is 264 g/mol. The number of hydrogen-bond donors (Lipinski definition) is 1. The Labute approximate surface area is 115 Å². The second-order valence-corrected chi connectivity index (χ2v) is 5.35. The fourth-order valence-electron chi connectivity index (χ4n) is 2.70. The minimum absolute atomic E-state index is 0.112. The second kappa shape index (κ2) is 6.19. The normalized spacial score (nSPS) is 18.8. The zero-order chi connectivity index (χ0) is 13.8. The van der Waals surface area contributed by atoms with Crippen molar-refractivity contribution in [3.63, 3.8) is 0 Å². The summed E-state index contributed by atoms with van der Waals surface area (Å²) < 4.78 is 1.71. The van der Waals surface area contributed by atoms with Crippen LogP contribution >= 0.6 is 0 Å². The molecule has 19 heavy (non-hydrogen) atoms. The van der Waals surface area contributed by atoms with Gasteiger partial charge in [-0.25, -0.2) is 0 Å². The molecular formula is C14H24N4O. The third-order valence-corrected chi connectivity index (χ3v) is 3.63. The van der Waals surface area contributed by atoms with E-state index in [4.69, 9.17) is 0 Å². The topological polar surface area (TPSA) is 50.2 Å². The predicted molar refractivity (Wildman–Crippen MR) is 75.2 cm³/mol. The lowest BCUT2D eigenvalue weighted by atomic mass is 10.1. The maximum Gasteiger partial charge on any atom is 0.257 e. The van der Waals surface area contributed by atoms with Crippen LogP contribution in [-0.2, 0) is 7.05 Å². The summed E-state index contributed by atoms with van der Waals surface area (Å²) in [6.07, 6.45) is 5.18. The van der Waals surface area contributed by atoms with Gasteiger partial charge in [-0.1, -0.05) is 6.92 Å². The van der Waals surface area contributed by atoms with E-state index in [-0.39, 0.29) is 5.91 Å². The smallest absolute Gasteiger partial charge is 0.257 e. The first kappa shape index (κ1) is 14.1. The Hall–Kier alpha value is -1.36. The Bertz CT molecular complexity index is 435. The highest BCUT2D eigenvalue weighted by Gasteiger charge is 2.23. The van der Waals surface area contributed by atoms with E-state index in [1.54, 1.807) is 4.68 Å². The Kier molecular flexibility index (Phi) is 4.58. The van der Waals surface area contributed by atoms with Crippen molar-refractivity contribution in [3.8, 4) is 0 Å². The van der Waals surface area contributed by atoms with E-state index in [0.29, 0.717) is 6.04 Å². The summed E-state index contributed by atoms with van der Waals surface area (Å²) in [7, 11) is 1.85. The first-order chi connectivity index (χ1) is 9.11. The highest BCUT2D eigenvalue weighted by Crippen LogP contribution is 2.13. The lowest BCUT2D eigenvalue weighted by molar-refractivity contribution is 0.0741. The molecule has 1 unspecified atom stereocenters. The summed E-state index contributed by atoms with van der Waals surface area (Å²) in [6.45, 7) is 6.70. The van der Waals surface area contributed by atoms with Gasteiger partial charge in [0, 0.05) is 32.4 Å². The van der Waals surface area contributed by atoms with Crippen LogP contribution in [0.2, 0.25) is 0 Å². The lowest BCUT2D eigenvalue weighted by Crippen LogP contribution is -2.41. The molecule has 2 rings (SSSR count). The molecule has 1 saturated heterocycles. The highest BCUT2D eigenvalue weighted by atomic mass is 16.2. The molecule has 2 heterocycles. The van der Waals surface area contributed by atoms with Gasteiger partial charge in [-0.3, -0.25) is 9.48 Å². The summed E-state index contributed by atoms with van der Waals surface area (Å²) in [5, 5.41) is 7.72. The van der Waals surface area contributed by atoms with Crippen molar-refractivity contribution >= 4 is 5.91 Å². The number of rotatable bonds is 5. The summed E-state index contributed by atoms with van der Waals surface area (Å²) in [4.78, 5) is 14.6. The maximum absolute atomic E-state index is 12.6. The number of carbonyl (C=O) groups is 1. The van der Waals surface area contributed by atoms with E-state index < -0.39 is 0 Å². The Morgan fingerprint density at radius 3 is 2.95 bits per heavy atom. The largest absolute Gasteiger partial charge is 0.337 e. The molecule has 1 aliphatic rings. The van der Waals surface area contributed by atoms with Crippen LogP contribution in [0.25, 0.3) is 0 Å². The highest BCUT2D eigenvalue weighted by molar-refractivity contribution is 5.95. The van der Waals surface area contributed by atoms with Gasteiger partial charge in [0.1, 0.15) is 0 Å². The van der Waals surface area contributed by atoms with E-state index in [2.05, 4.69) is 17.3 Å². The molecule has 1 N–H and O–H groups in total. The summed E-state index contributed by atoms with van der Waals surface area (Å²) in [5.41, 5.74) is 1.54. The van der Waals surface area contributed by atoms with Gasteiger partial charge in [0.05, 0.1) is 11.3 Å².